The standard InChI is InChI=1S/C28H25NO2/c1-31-27(30)23-10-12-24(13-11-23)28-16-15-21(19-28)18-26(28)22-8-5-20(6-9-22)7-14-25-4-2-3-17-29-25/h2-6,8-13,17,21,26H,15-16,18-19H2,1H3. The fraction of sp³-hybridized carbons (Fsp3) is 0.286. The molecule has 3 nitrogen and oxygen atoms in total. The summed E-state index contributed by atoms with van der Waals surface area (Å²) in [6.45, 7) is 0. The molecule has 31 heavy (non-hydrogen) atoms. The highest BCUT2D eigenvalue weighted by atomic mass is 16.5. The van der Waals surface area contributed by atoms with E-state index in [9.17, 15) is 4.79 Å². The van der Waals surface area contributed by atoms with Gasteiger partial charge in [-0.1, -0.05) is 36.3 Å². The van der Waals surface area contributed by atoms with E-state index in [-0.39, 0.29) is 11.4 Å². The van der Waals surface area contributed by atoms with Gasteiger partial charge in [-0.3, -0.25) is 0 Å². The molecule has 3 atom stereocenters. The van der Waals surface area contributed by atoms with Crippen molar-refractivity contribution in [2.24, 2.45) is 5.92 Å². The van der Waals surface area contributed by atoms with Crippen LogP contribution in [-0.2, 0) is 10.2 Å². The lowest BCUT2D eigenvalue weighted by Gasteiger charge is -2.36. The number of benzene rings is 2. The lowest BCUT2D eigenvalue weighted by molar-refractivity contribution is 0.0600. The minimum atomic E-state index is -0.279. The molecule has 3 heteroatoms. The van der Waals surface area contributed by atoms with Gasteiger partial charge in [0.05, 0.1) is 12.7 Å². The number of aromatic nitrogens is 1. The molecule has 154 valence electrons. The molecule has 0 aliphatic heterocycles. The summed E-state index contributed by atoms with van der Waals surface area (Å²) in [4.78, 5) is 16.1. The Morgan fingerprint density at radius 3 is 2.52 bits per heavy atom. The third-order valence-electron chi connectivity index (χ3n) is 7.08. The van der Waals surface area contributed by atoms with Gasteiger partial charge in [0.25, 0.3) is 0 Å². The minimum Gasteiger partial charge on any atom is -0.465 e. The van der Waals surface area contributed by atoms with Crippen molar-refractivity contribution in [2.45, 2.75) is 37.0 Å². The molecule has 0 radical (unpaired) electrons. The van der Waals surface area contributed by atoms with Gasteiger partial charge < -0.3 is 4.74 Å². The zero-order valence-corrected chi connectivity index (χ0v) is 17.7. The Bertz CT molecular complexity index is 1140. The SMILES string of the molecule is COC(=O)c1ccc(C23CCC(CC2c2ccc(C#Cc4ccccn4)cc2)C3)cc1. The Balaban J connectivity index is 1.41. The first-order valence-electron chi connectivity index (χ1n) is 10.9. The number of carbonyl (C=O) groups excluding carboxylic acids is 1. The van der Waals surface area contributed by atoms with E-state index in [2.05, 4.69) is 53.2 Å². The van der Waals surface area contributed by atoms with Gasteiger partial charge in [-0.25, -0.2) is 9.78 Å². The number of nitrogens with zero attached hydrogens (tertiary/aromatic N) is 1. The van der Waals surface area contributed by atoms with Gasteiger partial charge in [0.15, 0.2) is 0 Å². The molecule has 2 fully saturated rings. The van der Waals surface area contributed by atoms with E-state index >= 15 is 0 Å². The summed E-state index contributed by atoms with van der Waals surface area (Å²) in [6, 6.07) is 22.6. The molecule has 2 saturated carbocycles. The van der Waals surface area contributed by atoms with Crippen LogP contribution in [0.15, 0.2) is 72.9 Å². The average molecular weight is 408 g/mol. The first-order chi connectivity index (χ1) is 15.2. The summed E-state index contributed by atoms with van der Waals surface area (Å²) in [5.41, 5.74) is 5.32. The highest BCUT2D eigenvalue weighted by molar-refractivity contribution is 5.89. The summed E-state index contributed by atoms with van der Waals surface area (Å²) in [5.74, 6) is 7.37. The monoisotopic (exact) mass is 407 g/mol. The van der Waals surface area contributed by atoms with Crippen LogP contribution in [-0.4, -0.2) is 18.1 Å². The number of esters is 1. The lowest BCUT2D eigenvalue weighted by atomic mass is 9.67. The summed E-state index contributed by atoms with van der Waals surface area (Å²) >= 11 is 0. The maximum Gasteiger partial charge on any atom is 0.337 e. The predicted octanol–water partition coefficient (Wildman–Crippen LogP) is 5.49. The zero-order chi connectivity index (χ0) is 21.3. The Morgan fingerprint density at radius 2 is 1.84 bits per heavy atom. The number of rotatable bonds is 3. The number of pyridine rings is 1. The van der Waals surface area contributed by atoms with Crippen molar-refractivity contribution in [3.8, 4) is 11.8 Å². The van der Waals surface area contributed by atoms with Crippen LogP contribution in [0.3, 0.4) is 0 Å². The van der Waals surface area contributed by atoms with Crippen molar-refractivity contribution in [3.05, 3.63) is 101 Å². The van der Waals surface area contributed by atoms with Crippen molar-refractivity contribution >= 4 is 5.97 Å². The number of hydrogen-bond acceptors (Lipinski definition) is 3. The number of methoxy groups -OCH3 is 1. The van der Waals surface area contributed by atoms with Crippen molar-refractivity contribution in [1.82, 2.24) is 4.98 Å². The van der Waals surface area contributed by atoms with Crippen LogP contribution in [0.1, 0.15) is 64.3 Å². The van der Waals surface area contributed by atoms with Crippen LogP contribution >= 0.6 is 0 Å². The zero-order valence-electron chi connectivity index (χ0n) is 17.7. The number of hydrogen-bond donors (Lipinski definition) is 0. The Labute approximate surface area is 183 Å². The van der Waals surface area contributed by atoms with Crippen LogP contribution in [0.2, 0.25) is 0 Å². The third-order valence-corrected chi connectivity index (χ3v) is 7.08. The van der Waals surface area contributed by atoms with E-state index < -0.39 is 0 Å². The van der Waals surface area contributed by atoms with Crippen LogP contribution in [0.5, 0.6) is 0 Å². The van der Waals surface area contributed by atoms with E-state index in [1.165, 1.54) is 43.9 Å². The summed E-state index contributed by atoms with van der Waals surface area (Å²) < 4.78 is 4.86. The second-order valence-electron chi connectivity index (χ2n) is 8.71. The second kappa shape index (κ2) is 8.04. The molecule has 0 amide bonds. The van der Waals surface area contributed by atoms with Gasteiger partial charge in [-0.15, -0.1) is 0 Å². The van der Waals surface area contributed by atoms with Gasteiger partial charge in [0, 0.05) is 17.2 Å². The normalized spacial score (nSPS) is 23.8. The molecule has 3 unspecified atom stereocenters. The Morgan fingerprint density at radius 1 is 1.03 bits per heavy atom. The summed E-state index contributed by atoms with van der Waals surface area (Å²) in [7, 11) is 1.42. The molecular weight excluding hydrogens is 382 g/mol. The molecule has 2 aliphatic rings. The minimum absolute atomic E-state index is 0.167. The van der Waals surface area contributed by atoms with Gasteiger partial charge in [0.1, 0.15) is 5.69 Å². The summed E-state index contributed by atoms with van der Waals surface area (Å²) in [5, 5.41) is 0. The average Bonchev–Trinajstić information content (AvgIpc) is 3.43. The topological polar surface area (TPSA) is 39.2 Å². The summed E-state index contributed by atoms with van der Waals surface area (Å²) in [6.07, 6.45) is 6.73. The fourth-order valence-electron chi connectivity index (χ4n) is 5.60. The van der Waals surface area contributed by atoms with E-state index in [4.69, 9.17) is 4.74 Å². The maximum absolute atomic E-state index is 11.8. The second-order valence-corrected chi connectivity index (χ2v) is 8.71. The quantitative estimate of drug-likeness (QED) is 0.425. The van der Waals surface area contributed by atoms with E-state index in [1.807, 2.05) is 30.3 Å². The first-order valence-corrected chi connectivity index (χ1v) is 10.9. The van der Waals surface area contributed by atoms with Crippen LogP contribution in [0.4, 0.5) is 0 Å². The van der Waals surface area contributed by atoms with Crippen molar-refractivity contribution in [3.63, 3.8) is 0 Å². The molecule has 0 N–H and O–H groups in total. The van der Waals surface area contributed by atoms with Crippen molar-refractivity contribution < 1.29 is 9.53 Å². The highest BCUT2D eigenvalue weighted by Gasteiger charge is 2.53. The lowest BCUT2D eigenvalue weighted by Crippen LogP contribution is -2.28. The molecule has 2 aliphatic carbocycles. The van der Waals surface area contributed by atoms with Crippen LogP contribution < -0.4 is 0 Å². The smallest absolute Gasteiger partial charge is 0.337 e. The first kappa shape index (κ1) is 19.6. The number of fused-ring (bicyclic) bond motifs is 2. The van der Waals surface area contributed by atoms with Crippen molar-refractivity contribution in [2.75, 3.05) is 7.11 Å². The largest absolute Gasteiger partial charge is 0.465 e. The number of ether oxygens (including phenoxy) is 1. The van der Waals surface area contributed by atoms with Crippen LogP contribution in [0, 0.1) is 17.8 Å². The Hall–Kier alpha value is -3.38. The van der Waals surface area contributed by atoms with Gasteiger partial charge in [-0.2, -0.15) is 0 Å². The van der Waals surface area contributed by atoms with Gasteiger partial charge in [0.2, 0.25) is 0 Å². The van der Waals surface area contributed by atoms with Gasteiger partial charge in [-0.05, 0) is 91.0 Å². The van der Waals surface area contributed by atoms with E-state index in [0.29, 0.717) is 11.5 Å². The number of carbonyl (C=O) groups is 1. The Kier molecular flexibility index (Phi) is 5.08. The molecular formula is C28H25NO2. The molecule has 0 spiro atoms. The highest BCUT2D eigenvalue weighted by Crippen LogP contribution is 2.62. The van der Waals surface area contributed by atoms with E-state index in [0.717, 1.165) is 17.2 Å². The third kappa shape index (κ3) is 3.64. The van der Waals surface area contributed by atoms with Gasteiger partial charge >= 0.3 is 5.97 Å². The molecule has 1 heterocycles. The predicted molar refractivity (Wildman–Crippen MR) is 121 cm³/mol. The fourth-order valence-corrected chi connectivity index (χ4v) is 5.60. The maximum atomic E-state index is 11.8. The van der Waals surface area contributed by atoms with Crippen molar-refractivity contribution in [1.29, 1.82) is 0 Å². The molecule has 0 saturated heterocycles. The molecule has 3 aromatic rings. The van der Waals surface area contributed by atoms with Crippen LogP contribution in [0.25, 0.3) is 0 Å². The molecule has 2 bridgehead atoms. The molecule has 5 rings (SSSR count). The van der Waals surface area contributed by atoms with E-state index in [1.54, 1.807) is 6.20 Å². The molecule has 2 aromatic carbocycles. The molecule has 1 aromatic heterocycles.